The number of carbonyl (C=O) groups is 1. The number of hydrogen-bond acceptors (Lipinski definition) is 6. The molecule has 0 radical (unpaired) electrons. The van der Waals surface area contributed by atoms with Gasteiger partial charge >= 0.3 is 0 Å². The van der Waals surface area contributed by atoms with E-state index in [0.29, 0.717) is 18.5 Å². The van der Waals surface area contributed by atoms with Crippen molar-refractivity contribution in [2.24, 2.45) is 0 Å². The maximum absolute atomic E-state index is 12.5. The summed E-state index contributed by atoms with van der Waals surface area (Å²) in [4.78, 5) is 19.0. The molecule has 46 heavy (non-hydrogen) atoms. The number of rotatable bonds is 12. The molecule has 1 amide bonds. The molecule has 2 N–H and O–H groups in total. The molecule has 1 aromatic heterocycles. The summed E-state index contributed by atoms with van der Waals surface area (Å²) in [5.74, 6) is -0.162. The zero-order chi connectivity index (χ0) is 31.6. The van der Waals surface area contributed by atoms with Crippen LogP contribution in [0.5, 0.6) is 0 Å². The summed E-state index contributed by atoms with van der Waals surface area (Å²) in [5.41, 5.74) is 6.85. The number of aliphatic hydroxyl groups is 1. The van der Waals surface area contributed by atoms with Crippen molar-refractivity contribution in [3.05, 3.63) is 173 Å². The van der Waals surface area contributed by atoms with Gasteiger partial charge in [0.05, 0.1) is 24.4 Å². The predicted octanol–water partition coefficient (Wildman–Crippen LogP) is 6.75. The monoisotopic (exact) mass is 613 g/mol. The quantitative estimate of drug-likeness (QED) is 0.162. The van der Waals surface area contributed by atoms with E-state index in [-0.39, 0.29) is 24.7 Å². The number of carbonyl (C=O) groups excluding carboxylic acids is 1. The van der Waals surface area contributed by atoms with Crippen LogP contribution in [0.25, 0.3) is 0 Å². The molecular weight excluding hydrogens is 574 g/mol. The van der Waals surface area contributed by atoms with Crippen LogP contribution in [0.15, 0.2) is 134 Å². The lowest BCUT2D eigenvalue weighted by atomic mass is 9.99. The Hall–Kier alpha value is -4.66. The average Bonchev–Trinajstić information content (AvgIpc) is 3.12. The largest absolute Gasteiger partial charge is 0.392 e. The Bertz CT molecular complexity index is 1610. The van der Waals surface area contributed by atoms with Crippen LogP contribution in [0.2, 0.25) is 0 Å². The summed E-state index contributed by atoms with van der Waals surface area (Å²) in [7, 11) is 0. The van der Waals surface area contributed by atoms with Crippen molar-refractivity contribution >= 4 is 5.91 Å². The number of nitrogens with zero attached hydrogens (tertiary/aromatic N) is 2. The third kappa shape index (κ3) is 8.53. The molecule has 0 bridgehead atoms. The second-order valence-corrected chi connectivity index (χ2v) is 11.7. The number of ether oxygens (including phenoxy) is 2. The number of hydrogen-bond donors (Lipinski definition) is 2. The summed E-state index contributed by atoms with van der Waals surface area (Å²) in [6.07, 6.45) is 3.08. The predicted molar refractivity (Wildman–Crippen MR) is 177 cm³/mol. The normalized spacial score (nSPS) is 17.9. The third-order valence-electron chi connectivity index (χ3n) is 8.20. The molecule has 7 nitrogen and oxygen atoms in total. The van der Waals surface area contributed by atoms with Crippen molar-refractivity contribution < 1.29 is 19.4 Å². The van der Waals surface area contributed by atoms with Crippen molar-refractivity contribution in [3.8, 4) is 0 Å². The molecule has 1 saturated heterocycles. The average molecular weight is 614 g/mol. The second kappa shape index (κ2) is 15.6. The molecule has 0 saturated carbocycles. The topological polar surface area (TPSA) is 83.9 Å². The van der Waals surface area contributed by atoms with Crippen LogP contribution in [0.1, 0.15) is 62.6 Å². The summed E-state index contributed by atoms with van der Waals surface area (Å²) < 4.78 is 13.3. The van der Waals surface area contributed by atoms with Gasteiger partial charge in [0, 0.05) is 50.6 Å². The van der Waals surface area contributed by atoms with Crippen LogP contribution >= 0.6 is 0 Å². The molecule has 4 aromatic carbocycles. The highest BCUT2D eigenvalue weighted by Gasteiger charge is 2.33. The van der Waals surface area contributed by atoms with Gasteiger partial charge in [-0.25, -0.2) is 0 Å². The van der Waals surface area contributed by atoms with Crippen LogP contribution in [-0.4, -0.2) is 33.5 Å². The molecule has 0 aliphatic carbocycles. The van der Waals surface area contributed by atoms with Crippen LogP contribution in [-0.2, 0) is 35.7 Å². The van der Waals surface area contributed by atoms with Gasteiger partial charge in [-0.1, -0.05) is 109 Å². The zero-order valence-corrected chi connectivity index (χ0v) is 25.7. The van der Waals surface area contributed by atoms with Crippen molar-refractivity contribution in [1.82, 2.24) is 15.2 Å². The van der Waals surface area contributed by atoms with Gasteiger partial charge in [-0.05, 0) is 39.9 Å². The highest BCUT2D eigenvalue weighted by Crippen LogP contribution is 2.38. The van der Waals surface area contributed by atoms with Crippen molar-refractivity contribution in [3.63, 3.8) is 0 Å². The fourth-order valence-corrected chi connectivity index (χ4v) is 5.76. The third-order valence-corrected chi connectivity index (χ3v) is 8.20. The van der Waals surface area contributed by atoms with Crippen LogP contribution in [0.3, 0.4) is 0 Å². The van der Waals surface area contributed by atoms with E-state index in [4.69, 9.17) is 9.47 Å². The first-order valence-corrected chi connectivity index (χ1v) is 15.7. The summed E-state index contributed by atoms with van der Waals surface area (Å²) in [6, 6.07) is 40.5. The highest BCUT2D eigenvalue weighted by molar-refractivity contribution is 5.93. The molecule has 5 aromatic rings. The zero-order valence-electron chi connectivity index (χ0n) is 25.7. The molecule has 6 rings (SSSR count). The van der Waals surface area contributed by atoms with Gasteiger partial charge in [0.2, 0.25) is 0 Å². The van der Waals surface area contributed by atoms with Crippen molar-refractivity contribution in [1.29, 1.82) is 0 Å². The molecule has 7 heteroatoms. The molecule has 1 aliphatic heterocycles. The van der Waals surface area contributed by atoms with Gasteiger partial charge in [0.15, 0.2) is 6.29 Å². The second-order valence-electron chi connectivity index (χ2n) is 11.7. The van der Waals surface area contributed by atoms with E-state index in [2.05, 4.69) is 63.7 Å². The summed E-state index contributed by atoms with van der Waals surface area (Å²) in [5, 5.41) is 12.5. The maximum Gasteiger partial charge on any atom is 0.253 e. The Morgan fingerprint density at radius 3 is 1.98 bits per heavy atom. The lowest BCUT2D eigenvalue weighted by Crippen LogP contribution is -2.39. The van der Waals surface area contributed by atoms with Crippen molar-refractivity contribution in [2.45, 2.75) is 51.2 Å². The van der Waals surface area contributed by atoms with Crippen LogP contribution in [0, 0.1) is 0 Å². The molecule has 1 fully saturated rings. The van der Waals surface area contributed by atoms with E-state index >= 15 is 0 Å². The minimum absolute atomic E-state index is 0.00311. The Kier molecular flexibility index (Phi) is 10.6. The van der Waals surface area contributed by atoms with Crippen molar-refractivity contribution in [2.75, 3.05) is 6.54 Å². The van der Waals surface area contributed by atoms with Crippen LogP contribution in [0.4, 0.5) is 0 Å². The van der Waals surface area contributed by atoms with E-state index in [1.165, 1.54) is 11.1 Å². The molecule has 2 heterocycles. The lowest BCUT2D eigenvalue weighted by molar-refractivity contribution is -0.253. The molecule has 1 aliphatic rings. The SMILES string of the molecule is O=C(NCc1ccc(C2OC(CN(Cc3ccccc3)Cc3ccccc3)CC(c3ccc(CO)cc3)O2)cc1)c1cccnc1. The van der Waals surface area contributed by atoms with E-state index in [1.54, 1.807) is 24.5 Å². The summed E-state index contributed by atoms with van der Waals surface area (Å²) >= 11 is 0. The van der Waals surface area contributed by atoms with Gasteiger partial charge in [0.1, 0.15) is 0 Å². The van der Waals surface area contributed by atoms with E-state index in [9.17, 15) is 9.90 Å². The minimum atomic E-state index is -0.560. The summed E-state index contributed by atoms with van der Waals surface area (Å²) in [6.45, 7) is 2.74. The molecular formula is C39H39N3O4. The molecule has 234 valence electrons. The number of amides is 1. The number of aliphatic hydroxyl groups excluding tert-OH is 1. The van der Waals surface area contributed by atoms with Gasteiger partial charge in [-0.2, -0.15) is 0 Å². The molecule has 3 unspecified atom stereocenters. The Morgan fingerprint density at radius 1 is 0.739 bits per heavy atom. The fourth-order valence-electron chi connectivity index (χ4n) is 5.76. The number of aromatic nitrogens is 1. The highest BCUT2D eigenvalue weighted by atomic mass is 16.7. The van der Waals surface area contributed by atoms with E-state index in [0.717, 1.165) is 41.9 Å². The standard InChI is InChI=1S/C39H39N3O4/c43-28-32-15-17-33(18-16-32)37-22-36(27-42(25-30-8-3-1-4-9-30)26-31-10-5-2-6-11-31)45-39(46-37)34-19-13-29(14-20-34)23-41-38(44)35-12-7-21-40-24-35/h1-21,24,36-37,39,43H,22-23,25-28H2,(H,41,44). The van der Waals surface area contributed by atoms with Gasteiger partial charge < -0.3 is 19.9 Å². The first-order valence-electron chi connectivity index (χ1n) is 15.7. The van der Waals surface area contributed by atoms with E-state index < -0.39 is 6.29 Å². The molecule has 3 atom stereocenters. The van der Waals surface area contributed by atoms with Gasteiger partial charge in [-0.3, -0.25) is 14.7 Å². The smallest absolute Gasteiger partial charge is 0.253 e. The number of benzene rings is 4. The number of nitrogens with one attached hydrogen (secondary N) is 1. The Balaban J connectivity index is 1.19. The maximum atomic E-state index is 12.5. The Morgan fingerprint density at radius 2 is 1.37 bits per heavy atom. The fraction of sp³-hybridized carbons (Fsp3) is 0.231. The van der Waals surface area contributed by atoms with Gasteiger partial charge in [-0.15, -0.1) is 0 Å². The first-order chi connectivity index (χ1) is 22.6. The lowest BCUT2D eigenvalue weighted by Gasteiger charge is -2.38. The van der Waals surface area contributed by atoms with Gasteiger partial charge in [0.25, 0.3) is 5.91 Å². The molecule has 0 spiro atoms. The van der Waals surface area contributed by atoms with Crippen LogP contribution < -0.4 is 5.32 Å². The number of pyridine rings is 1. The van der Waals surface area contributed by atoms with E-state index in [1.807, 2.05) is 60.7 Å². The first kappa shape index (κ1) is 31.3. The minimum Gasteiger partial charge on any atom is -0.392 e. The Labute approximate surface area is 270 Å².